The zero-order chi connectivity index (χ0) is 17.6. The number of esters is 1. The van der Waals surface area contributed by atoms with Crippen molar-refractivity contribution in [3.63, 3.8) is 0 Å². The van der Waals surface area contributed by atoms with E-state index in [2.05, 4.69) is 0 Å². The molecule has 0 aromatic heterocycles. The molecule has 0 unspecified atom stereocenters. The first kappa shape index (κ1) is 17.2. The summed E-state index contributed by atoms with van der Waals surface area (Å²) in [6, 6.07) is 17.2. The van der Waals surface area contributed by atoms with E-state index in [-0.39, 0.29) is 18.6 Å². The Labute approximate surface area is 148 Å². The number of amides is 1. The number of carbonyl (C=O) groups is 2. The van der Waals surface area contributed by atoms with Gasteiger partial charge in [0.05, 0.1) is 5.56 Å². The number of carbonyl (C=O) groups excluding carboxylic acids is 2. The molecule has 2 aromatic rings. The van der Waals surface area contributed by atoms with Gasteiger partial charge in [0, 0.05) is 12.6 Å². The summed E-state index contributed by atoms with van der Waals surface area (Å²) in [5, 5.41) is 0. The monoisotopic (exact) mass is 337 g/mol. The lowest BCUT2D eigenvalue weighted by molar-refractivity contribution is -0.137. The van der Waals surface area contributed by atoms with E-state index in [4.69, 9.17) is 4.74 Å². The average molecular weight is 337 g/mol. The van der Waals surface area contributed by atoms with Gasteiger partial charge < -0.3 is 9.64 Å². The molecule has 0 saturated carbocycles. The van der Waals surface area contributed by atoms with Gasteiger partial charge in [0.1, 0.15) is 0 Å². The molecule has 2 aromatic carbocycles. The molecule has 1 aliphatic rings. The number of nitrogens with zero attached hydrogens (tertiary/aromatic N) is 1. The normalized spacial score (nSPS) is 17.2. The molecule has 130 valence electrons. The molecule has 3 rings (SSSR count). The summed E-state index contributed by atoms with van der Waals surface area (Å²) in [4.78, 5) is 26.7. The highest BCUT2D eigenvalue weighted by Gasteiger charge is 2.24. The Bertz CT molecular complexity index is 742. The van der Waals surface area contributed by atoms with Gasteiger partial charge in [-0.3, -0.25) is 4.79 Å². The highest BCUT2D eigenvalue weighted by atomic mass is 16.5. The van der Waals surface area contributed by atoms with Crippen LogP contribution in [0.3, 0.4) is 0 Å². The maximum atomic E-state index is 12.5. The Kier molecular flexibility index (Phi) is 5.49. The molecule has 1 saturated heterocycles. The van der Waals surface area contributed by atoms with E-state index < -0.39 is 5.97 Å². The van der Waals surface area contributed by atoms with E-state index >= 15 is 0 Å². The van der Waals surface area contributed by atoms with Crippen LogP contribution < -0.4 is 0 Å². The molecular formula is C21H23NO3. The fraction of sp³-hybridized carbons (Fsp3) is 0.333. The van der Waals surface area contributed by atoms with Gasteiger partial charge in [-0.15, -0.1) is 0 Å². The van der Waals surface area contributed by atoms with Crippen LogP contribution in [0.5, 0.6) is 0 Å². The fourth-order valence-electron chi connectivity index (χ4n) is 3.29. The molecule has 1 heterocycles. The Hall–Kier alpha value is -2.62. The van der Waals surface area contributed by atoms with Gasteiger partial charge in [0.25, 0.3) is 5.91 Å². The molecule has 0 N–H and O–H groups in total. The summed E-state index contributed by atoms with van der Waals surface area (Å²) in [7, 11) is 0. The van der Waals surface area contributed by atoms with Crippen molar-refractivity contribution in [3.05, 3.63) is 60.2 Å². The van der Waals surface area contributed by atoms with Crippen molar-refractivity contribution in [3.8, 4) is 11.1 Å². The van der Waals surface area contributed by atoms with E-state index in [0.29, 0.717) is 5.56 Å². The van der Waals surface area contributed by atoms with Crippen LogP contribution in [-0.2, 0) is 9.53 Å². The van der Waals surface area contributed by atoms with E-state index in [0.717, 1.165) is 36.9 Å². The van der Waals surface area contributed by atoms with Crippen molar-refractivity contribution in [1.82, 2.24) is 4.90 Å². The zero-order valence-electron chi connectivity index (χ0n) is 14.5. The second-order valence-electron chi connectivity index (χ2n) is 6.42. The number of rotatable bonds is 4. The van der Waals surface area contributed by atoms with Crippen LogP contribution in [-0.4, -0.2) is 36.0 Å². The highest BCUT2D eigenvalue weighted by Crippen LogP contribution is 2.24. The third kappa shape index (κ3) is 4.08. The van der Waals surface area contributed by atoms with Gasteiger partial charge >= 0.3 is 5.97 Å². The van der Waals surface area contributed by atoms with Gasteiger partial charge in [0.2, 0.25) is 0 Å². The molecule has 4 nitrogen and oxygen atoms in total. The molecule has 4 heteroatoms. The summed E-state index contributed by atoms with van der Waals surface area (Å²) in [5.74, 6) is -0.574. The highest BCUT2D eigenvalue weighted by molar-refractivity contribution is 5.98. The number of benzene rings is 2. The number of piperidine rings is 1. The SMILES string of the molecule is C[C@@H]1CCCCN1C(=O)COC(=O)c1ccccc1-c1ccccc1. The maximum absolute atomic E-state index is 12.5. The quantitative estimate of drug-likeness (QED) is 0.795. The van der Waals surface area contributed by atoms with Crippen LogP contribution in [0.25, 0.3) is 11.1 Å². The van der Waals surface area contributed by atoms with Crippen LogP contribution in [0.1, 0.15) is 36.5 Å². The minimum Gasteiger partial charge on any atom is -0.452 e. The largest absolute Gasteiger partial charge is 0.452 e. The molecule has 0 aliphatic carbocycles. The summed E-state index contributed by atoms with van der Waals surface area (Å²) >= 11 is 0. The van der Waals surface area contributed by atoms with Crippen LogP contribution in [0.4, 0.5) is 0 Å². The standard InChI is InChI=1S/C21H23NO3/c1-16-9-7-8-14-22(16)20(23)15-25-21(24)19-13-6-5-12-18(19)17-10-3-2-4-11-17/h2-6,10-13,16H,7-9,14-15H2,1H3/t16-/m1/s1. The van der Waals surface area contributed by atoms with Crippen LogP contribution >= 0.6 is 0 Å². The van der Waals surface area contributed by atoms with Crippen LogP contribution in [0, 0.1) is 0 Å². The lowest BCUT2D eigenvalue weighted by Gasteiger charge is -2.33. The summed E-state index contributed by atoms with van der Waals surface area (Å²) in [6.45, 7) is 2.59. The smallest absolute Gasteiger partial charge is 0.339 e. The zero-order valence-corrected chi connectivity index (χ0v) is 14.5. The third-order valence-corrected chi connectivity index (χ3v) is 4.68. The van der Waals surface area contributed by atoms with Crippen molar-refractivity contribution < 1.29 is 14.3 Å². The molecule has 1 amide bonds. The predicted octanol–water partition coefficient (Wildman–Crippen LogP) is 3.91. The molecule has 0 radical (unpaired) electrons. The number of likely N-dealkylation sites (tertiary alicyclic amines) is 1. The van der Waals surface area contributed by atoms with Gasteiger partial charge in [-0.25, -0.2) is 4.79 Å². The minimum absolute atomic E-state index is 0.113. The van der Waals surface area contributed by atoms with Crippen LogP contribution in [0.15, 0.2) is 54.6 Å². The van der Waals surface area contributed by atoms with E-state index in [1.807, 2.05) is 54.3 Å². The van der Waals surface area contributed by atoms with Gasteiger partial charge in [-0.05, 0) is 43.4 Å². The van der Waals surface area contributed by atoms with Crippen molar-refractivity contribution in [2.75, 3.05) is 13.2 Å². The molecule has 1 atom stereocenters. The number of hydrogen-bond acceptors (Lipinski definition) is 3. The lowest BCUT2D eigenvalue weighted by Crippen LogP contribution is -2.44. The van der Waals surface area contributed by atoms with Gasteiger partial charge in [0.15, 0.2) is 6.61 Å². The maximum Gasteiger partial charge on any atom is 0.339 e. The van der Waals surface area contributed by atoms with Crippen molar-refractivity contribution in [2.24, 2.45) is 0 Å². The topological polar surface area (TPSA) is 46.6 Å². The molecule has 1 aliphatic heterocycles. The Morgan fingerprint density at radius 2 is 1.76 bits per heavy atom. The average Bonchev–Trinajstić information content (AvgIpc) is 2.67. The summed E-state index contributed by atoms with van der Waals surface area (Å²) in [6.07, 6.45) is 3.17. The van der Waals surface area contributed by atoms with Crippen molar-refractivity contribution in [1.29, 1.82) is 0 Å². The van der Waals surface area contributed by atoms with Gasteiger partial charge in [-0.2, -0.15) is 0 Å². The Balaban J connectivity index is 1.69. The molecule has 0 spiro atoms. The van der Waals surface area contributed by atoms with E-state index in [1.165, 1.54) is 0 Å². The van der Waals surface area contributed by atoms with E-state index in [1.54, 1.807) is 12.1 Å². The first-order valence-electron chi connectivity index (χ1n) is 8.78. The van der Waals surface area contributed by atoms with Crippen molar-refractivity contribution in [2.45, 2.75) is 32.2 Å². The molecule has 0 bridgehead atoms. The number of ether oxygens (including phenoxy) is 1. The van der Waals surface area contributed by atoms with E-state index in [9.17, 15) is 9.59 Å². The molecular weight excluding hydrogens is 314 g/mol. The second-order valence-corrected chi connectivity index (χ2v) is 6.42. The minimum atomic E-state index is -0.461. The summed E-state index contributed by atoms with van der Waals surface area (Å²) in [5.41, 5.74) is 2.24. The van der Waals surface area contributed by atoms with Gasteiger partial charge in [-0.1, -0.05) is 48.5 Å². The van der Waals surface area contributed by atoms with Crippen molar-refractivity contribution >= 4 is 11.9 Å². The first-order chi connectivity index (χ1) is 12.2. The predicted molar refractivity (Wildman–Crippen MR) is 97.2 cm³/mol. The second kappa shape index (κ2) is 7.97. The number of hydrogen-bond donors (Lipinski definition) is 0. The first-order valence-corrected chi connectivity index (χ1v) is 8.78. The molecule has 25 heavy (non-hydrogen) atoms. The lowest BCUT2D eigenvalue weighted by atomic mass is 10.00. The van der Waals surface area contributed by atoms with Crippen LogP contribution in [0.2, 0.25) is 0 Å². The summed E-state index contributed by atoms with van der Waals surface area (Å²) < 4.78 is 5.32. The molecule has 1 fully saturated rings. The third-order valence-electron chi connectivity index (χ3n) is 4.68. The Morgan fingerprint density at radius 1 is 1.04 bits per heavy atom. The fourth-order valence-corrected chi connectivity index (χ4v) is 3.29. The Morgan fingerprint density at radius 3 is 2.52 bits per heavy atom.